The van der Waals surface area contributed by atoms with Gasteiger partial charge in [0.2, 0.25) is 10.0 Å². The second-order valence-electron chi connectivity index (χ2n) is 6.14. The zero-order valence-corrected chi connectivity index (χ0v) is 15.2. The van der Waals surface area contributed by atoms with Crippen LogP contribution in [0.3, 0.4) is 0 Å². The van der Waals surface area contributed by atoms with Gasteiger partial charge in [0.25, 0.3) is 11.3 Å². The summed E-state index contributed by atoms with van der Waals surface area (Å²) in [5.74, 6) is 0. The Morgan fingerprint density at radius 2 is 2.12 bits per heavy atom. The van der Waals surface area contributed by atoms with Crippen molar-refractivity contribution in [2.45, 2.75) is 38.3 Å². The predicted molar refractivity (Wildman–Crippen MR) is 92.0 cm³/mol. The lowest BCUT2D eigenvalue weighted by Crippen LogP contribution is -2.40. The highest BCUT2D eigenvalue weighted by Gasteiger charge is 2.31. The van der Waals surface area contributed by atoms with E-state index in [1.54, 1.807) is 6.92 Å². The van der Waals surface area contributed by atoms with Crippen molar-refractivity contribution in [1.29, 1.82) is 0 Å². The van der Waals surface area contributed by atoms with E-state index in [9.17, 15) is 13.2 Å². The van der Waals surface area contributed by atoms with E-state index in [0.29, 0.717) is 41.0 Å². The lowest BCUT2D eigenvalue weighted by atomic mass is 10.1. The molecule has 0 saturated heterocycles. The highest BCUT2D eigenvalue weighted by Crippen LogP contribution is 2.25. The van der Waals surface area contributed by atoms with E-state index in [4.69, 9.17) is 4.52 Å². The van der Waals surface area contributed by atoms with Gasteiger partial charge in [-0.25, -0.2) is 18.4 Å². The number of pyridine rings is 1. The van der Waals surface area contributed by atoms with Crippen LogP contribution >= 0.6 is 0 Å². The number of hydrogen-bond acceptors (Lipinski definition) is 7. The molecular formula is C16H17N5O4S. The third-order valence-electron chi connectivity index (χ3n) is 4.62. The SMILES string of the molecule is CCn1cnc2c(c1=O)CCN(S(=O)(=O)c1cnc3onc(C)c3c1)C2. The van der Waals surface area contributed by atoms with Gasteiger partial charge in [0.15, 0.2) is 0 Å². The van der Waals surface area contributed by atoms with Crippen LogP contribution in [0.4, 0.5) is 0 Å². The molecule has 3 aromatic heterocycles. The van der Waals surface area contributed by atoms with Gasteiger partial charge >= 0.3 is 0 Å². The second-order valence-corrected chi connectivity index (χ2v) is 8.08. The van der Waals surface area contributed by atoms with Crippen LogP contribution in [0.1, 0.15) is 23.9 Å². The summed E-state index contributed by atoms with van der Waals surface area (Å²) in [5.41, 5.74) is 1.87. The summed E-state index contributed by atoms with van der Waals surface area (Å²) in [5, 5.41) is 4.36. The predicted octanol–water partition coefficient (Wildman–Crippen LogP) is 0.855. The number of fused-ring (bicyclic) bond motifs is 2. The number of aryl methyl sites for hydroxylation is 2. The lowest BCUT2D eigenvalue weighted by molar-refractivity contribution is 0.381. The number of sulfonamides is 1. The molecule has 26 heavy (non-hydrogen) atoms. The first-order valence-electron chi connectivity index (χ1n) is 8.21. The van der Waals surface area contributed by atoms with Gasteiger partial charge < -0.3 is 4.52 Å². The van der Waals surface area contributed by atoms with E-state index < -0.39 is 10.0 Å². The van der Waals surface area contributed by atoms with E-state index in [2.05, 4.69) is 15.1 Å². The Morgan fingerprint density at radius 3 is 2.88 bits per heavy atom. The van der Waals surface area contributed by atoms with Crippen LogP contribution in [0.25, 0.3) is 11.1 Å². The number of aromatic nitrogens is 4. The topological polar surface area (TPSA) is 111 Å². The van der Waals surface area contributed by atoms with Crippen molar-refractivity contribution in [2.24, 2.45) is 0 Å². The summed E-state index contributed by atoms with van der Waals surface area (Å²) in [4.78, 5) is 20.7. The van der Waals surface area contributed by atoms with E-state index in [0.717, 1.165) is 0 Å². The fraction of sp³-hybridized carbons (Fsp3) is 0.375. The molecule has 9 nitrogen and oxygen atoms in total. The largest absolute Gasteiger partial charge is 0.336 e. The maximum Gasteiger partial charge on any atom is 0.257 e. The molecule has 3 aromatic rings. The number of nitrogens with zero attached hydrogens (tertiary/aromatic N) is 5. The normalized spacial score (nSPS) is 15.3. The molecule has 136 valence electrons. The van der Waals surface area contributed by atoms with Crippen LogP contribution in [0.5, 0.6) is 0 Å². The zero-order valence-electron chi connectivity index (χ0n) is 14.3. The Labute approximate surface area is 149 Å². The van der Waals surface area contributed by atoms with Crippen LogP contribution in [-0.2, 0) is 29.5 Å². The third-order valence-corrected chi connectivity index (χ3v) is 6.43. The molecule has 0 atom stereocenters. The Bertz CT molecular complexity index is 1170. The molecule has 0 spiro atoms. The van der Waals surface area contributed by atoms with Gasteiger partial charge in [-0.05, 0) is 26.3 Å². The molecule has 10 heteroatoms. The van der Waals surface area contributed by atoms with Crippen molar-refractivity contribution in [3.8, 4) is 0 Å². The molecular weight excluding hydrogens is 358 g/mol. The Kier molecular flexibility index (Phi) is 3.88. The molecule has 1 aliphatic rings. The van der Waals surface area contributed by atoms with Gasteiger partial charge in [-0.1, -0.05) is 5.16 Å². The van der Waals surface area contributed by atoms with Gasteiger partial charge in [-0.15, -0.1) is 0 Å². The summed E-state index contributed by atoms with van der Waals surface area (Å²) >= 11 is 0. The van der Waals surface area contributed by atoms with E-state index in [-0.39, 0.29) is 23.5 Å². The third kappa shape index (κ3) is 2.53. The van der Waals surface area contributed by atoms with Crippen LogP contribution in [0, 0.1) is 6.92 Å². The van der Waals surface area contributed by atoms with Gasteiger partial charge in [-0.3, -0.25) is 9.36 Å². The van der Waals surface area contributed by atoms with Crippen molar-refractivity contribution in [1.82, 2.24) is 24.0 Å². The molecule has 0 bridgehead atoms. The van der Waals surface area contributed by atoms with Gasteiger partial charge in [0, 0.05) is 18.7 Å². The fourth-order valence-electron chi connectivity index (χ4n) is 3.08. The molecule has 1 aliphatic heterocycles. The Balaban J connectivity index is 1.71. The van der Waals surface area contributed by atoms with Gasteiger partial charge in [0.1, 0.15) is 4.90 Å². The molecule has 0 saturated carbocycles. The summed E-state index contributed by atoms with van der Waals surface area (Å²) in [6, 6.07) is 1.52. The second kappa shape index (κ2) is 5.99. The van der Waals surface area contributed by atoms with E-state index in [1.165, 1.54) is 27.5 Å². The molecule has 0 radical (unpaired) electrons. The van der Waals surface area contributed by atoms with Crippen molar-refractivity contribution >= 4 is 21.1 Å². The van der Waals surface area contributed by atoms with Crippen molar-refractivity contribution in [2.75, 3.05) is 6.54 Å². The van der Waals surface area contributed by atoms with Crippen molar-refractivity contribution in [3.63, 3.8) is 0 Å². The summed E-state index contributed by atoms with van der Waals surface area (Å²) < 4.78 is 33.9. The van der Waals surface area contributed by atoms with E-state index >= 15 is 0 Å². The first-order chi connectivity index (χ1) is 12.4. The van der Waals surface area contributed by atoms with E-state index in [1.807, 2.05) is 6.92 Å². The molecule has 0 aromatic carbocycles. The first-order valence-corrected chi connectivity index (χ1v) is 9.65. The quantitative estimate of drug-likeness (QED) is 0.667. The number of hydrogen-bond donors (Lipinski definition) is 0. The van der Waals surface area contributed by atoms with Gasteiger partial charge in [-0.2, -0.15) is 4.31 Å². The Hall–Kier alpha value is -2.59. The minimum absolute atomic E-state index is 0.0676. The standard InChI is InChI=1S/C16H17N5O4S/c1-3-20-9-18-14-8-21(5-4-12(14)16(20)22)26(23,24)11-6-13-10(2)19-25-15(13)17-7-11/h6-7,9H,3-5,8H2,1-2H3. The molecule has 0 N–H and O–H groups in total. The zero-order chi connectivity index (χ0) is 18.5. The minimum atomic E-state index is -3.77. The lowest BCUT2D eigenvalue weighted by Gasteiger charge is -2.27. The van der Waals surface area contributed by atoms with Crippen LogP contribution in [0.15, 0.2) is 32.8 Å². The molecule has 0 unspecified atom stereocenters. The average molecular weight is 375 g/mol. The molecule has 0 fully saturated rings. The molecule has 4 heterocycles. The molecule has 4 rings (SSSR count). The monoisotopic (exact) mass is 375 g/mol. The Morgan fingerprint density at radius 1 is 1.31 bits per heavy atom. The maximum atomic E-state index is 13.0. The van der Waals surface area contributed by atoms with Crippen molar-refractivity contribution in [3.05, 3.63) is 45.9 Å². The summed E-state index contributed by atoms with van der Waals surface area (Å²) in [6.45, 7) is 4.41. The van der Waals surface area contributed by atoms with Crippen LogP contribution < -0.4 is 5.56 Å². The number of rotatable bonds is 3. The highest BCUT2D eigenvalue weighted by atomic mass is 32.2. The minimum Gasteiger partial charge on any atom is -0.336 e. The van der Waals surface area contributed by atoms with Crippen molar-refractivity contribution < 1.29 is 12.9 Å². The fourth-order valence-corrected chi connectivity index (χ4v) is 4.46. The maximum absolute atomic E-state index is 13.0. The van der Waals surface area contributed by atoms with Gasteiger partial charge in [0.05, 0.1) is 35.8 Å². The summed E-state index contributed by atoms with van der Waals surface area (Å²) in [6.07, 6.45) is 3.06. The molecule has 0 amide bonds. The average Bonchev–Trinajstić information content (AvgIpc) is 3.02. The smallest absolute Gasteiger partial charge is 0.257 e. The van der Waals surface area contributed by atoms with Crippen LogP contribution in [0.2, 0.25) is 0 Å². The highest BCUT2D eigenvalue weighted by molar-refractivity contribution is 7.89. The summed E-state index contributed by atoms with van der Waals surface area (Å²) in [7, 11) is -3.77. The molecule has 0 aliphatic carbocycles. The first kappa shape index (κ1) is 16.9. The van der Waals surface area contributed by atoms with Crippen LogP contribution in [-0.4, -0.2) is 39.0 Å².